The lowest BCUT2D eigenvalue weighted by Crippen LogP contribution is -2.36. The molecule has 1 saturated heterocycles. The van der Waals surface area contributed by atoms with Gasteiger partial charge in [-0.15, -0.1) is 0 Å². The van der Waals surface area contributed by atoms with Crippen LogP contribution in [0.1, 0.15) is 12.0 Å². The first-order valence-electron chi connectivity index (χ1n) is 8.62. The van der Waals surface area contributed by atoms with E-state index in [9.17, 15) is 14.0 Å². The number of aromatic nitrogens is 1. The lowest BCUT2D eigenvalue weighted by Gasteiger charge is -2.17. The summed E-state index contributed by atoms with van der Waals surface area (Å²) in [4.78, 5) is 29.9. The van der Waals surface area contributed by atoms with Crippen molar-refractivity contribution in [2.45, 2.75) is 13.0 Å². The molecule has 0 spiro atoms. The minimum atomic E-state index is -0.742. The molecular weight excluding hydrogens is 369 g/mol. The van der Waals surface area contributed by atoms with E-state index in [2.05, 4.69) is 10.3 Å². The Hall–Kier alpha value is -2.86. The molecule has 3 aromatic rings. The standard InChI is InChI=1S/C20H17ClFN3O2/c21-14-7-12(8-15(22)9-14)11-24-19(26)17-4-6-25(20(17)27)16-2-1-13-3-5-23-18(13)10-16/h1-3,5,7-10,17,23H,4,6,11H2,(H,24,26). The van der Waals surface area contributed by atoms with Crippen LogP contribution in [0.25, 0.3) is 10.9 Å². The van der Waals surface area contributed by atoms with Gasteiger partial charge in [0.15, 0.2) is 0 Å². The fraction of sp³-hybridized carbons (Fsp3) is 0.200. The summed E-state index contributed by atoms with van der Waals surface area (Å²) in [6, 6.07) is 11.8. The van der Waals surface area contributed by atoms with E-state index in [1.807, 2.05) is 30.5 Å². The molecular formula is C20H17ClFN3O2. The summed E-state index contributed by atoms with van der Waals surface area (Å²) >= 11 is 5.82. The molecule has 2 amide bonds. The summed E-state index contributed by atoms with van der Waals surface area (Å²) in [5.74, 6) is -1.79. The number of hydrogen-bond donors (Lipinski definition) is 2. The molecule has 1 aromatic heterocycles. The van der Waals surface area contributed by atoms with Gasteiger partial charge in [-0.1, -0.05) is 17.7 Å². The Labute approximate surface area is 160 Å². The van der Waals surface area contributed by atoms with Gasteiger partial charge in [-0.05, 0) is 53.8 Å². The van der Waals surface area contributed by atoms with Gasteiger partial charge in [0.25, 0.3) is 0 Å². The first kappa shape index (κ1) is 17.5. The number of fused-ring (bicyclic) bond motifs is 1. The van der Waals surface area contributed by atoms with Crippen molar-refractivity contribution in [2.75, 3.05) is 11.4 Å². The number of aromatic amines is 1. The second-order valence-electron chi connectivity index (χ2n) is 6.58. The molecule has 1 aliphatic heterocycles. The number of amides is 2. The smallest absolute Gasteiger partial charge is 0.239 e. The molecule has 7 heteroatoms. The number of hydrogen-bond acceptors (Lipinski definition) is 2. The Morgan fingerprint density at radius 1 is 1.26 bits per heavy atom. The monoisotopic (exact) mass is 385 g/mol. The second kappa shape index (κ2) is 7.04. The van der Waals surface area contributed by atoms with Crippen molar-refractivity contribution in [3.8, 4) is 0 Å². The van der Waals surface area contributed by atoms with Crippen LogP contribution >= 0.6 is 11.6 Å². The van der Waals surface area contributed by atoms with Crippen LogP contribution in [0.15, 0.2) is 48.7 Å². The normalized spacial score (nSPS) is 16.9. The van der Waals surface area contributed by atoms with Crippen LogP contribution in [0.5, 0.6) is 0 Å². The first-order chi connectivity index (χ1) is 13.0. The third-order valence-corrected chi connectivity index (χ3v) is 4.98. The lowest BCUT2D eigenvalue weighted by molar-refractivity contribution is -0.132. The summed E-state index contributed by atoms with van der Waals surface area (Å²) in [6.45, 7) is 0.601. The van der Waals surface area contributed by atoms with E-state index in [0.29, 0.717) is 18.5 Å². The average molecular weight is 386 g/mol. The highest BCUT2D eigenvalue weighted by atomic mass is 35.5. The molecule has 2 heterocycles. The van der Waals surface area contributed by atoms with Crippen molar-refractivity contribution >= 4 is 40.0 Å². The molecule has 5 nitrogen and oxygen atoms in total. The molecule has 138 valence electrons. The largest absolute Gasteiger partial charge is 0.361 e. The predicted molar refractivity (Wildman–Crippen MR) is 102 cm³/mol. The molecule has 0 saturated carbocycles. The van der Waals surface area contributed by atoms with Crippen molar-refractivity contribution in [1.82, 2.24) is 10.3 Å². The third-order valence-electron chi connectivity index (χ3n) is 4.76. The number of carbonyl (C=O) groups is 2. The van der Waals surface area contributed by atoms with Crippen molar-refractivity contribution in [1.29, 1.82) is 0 Å². The minimum Gasteiger partial charge on any atom is -0.361 e. The second-order valence-corrected chi connectivity index (χ2v) is 7.01. The average Bonchev–Trinajstić information content (AvgIpc) is 3.24. The van der Waals surface area contributed by atoms with Crippen LogP contribution in [0.3, 0.4) is 0 Å². The van der Waals surface area contributed by atoms with Crippen molar-refractivity contribution < 1.29 is 14.0 Å². The number of rotatable bonds is 4. The molecule has 0 bridgehead atoms. The van der Waals surface area contributed by atoms with E-state index < -0.39 is 11.7 Å². The number of halogens is 2. The molecule has 27 heavy (non-hydrogen) atoms. The fourth-order valence-corrected chi connectivity index (χ4v) is 3.65. The summed E-state index contributed by atoms with van der Waals surface area (Å²) in [7, 11) is 0. The van der Waals surface area contributed by atoms with Gasteiger partial charge in [-0.25, -0.2) is 4.39 Å². The highest BCUT2D eigenvalue weighted by Gasteiger charge is 2.37. The lowest BCUT2D eigenvalue weighted by atomic mass is 10.1. The molecule has 2 N–H and O–H groups in total. The molecule has 4 rings (SSSR count). The Bertz CT molecular complexity index is 1010. The maximum absolute atomic E-state index is 13.4. The highest BCUT2D eigenvalue weighted by molar-refractivity contribution is 6.30. The van der Waals surface area contributed by atoms with Gasteiger partial charge in [0.2, 0.25) is 11.8 Å². The zero-order valence-electron chi connectivity index (χ0n) is 14.3. The van der Waals surface area contributed by atoms with Gasteiger partial charge in [0, 0.05) is 35.5 Å². The van der Waals surface area contributed by atoms with E-state index >= 15 is 0 Å². The van der Waals surface area contributed by atoms with Gasteiger partial charge in [0.1, 0.15) is 11.7 Å². The van der Waals surface area contributed by atoms with E-state index in [1.54, 1.807) is 11.0 Å². The van der Waals surface area contributed by atoms with Crippen LogP contribution in [-0.4, -0.2) is 23.3 Å². The summed E-state index contributed by atoms with van der Waals surface area (Å²) in [6.07, 6.45) is 2.28. The van der Waals surface area contributed by atoms with Crippen LogP contribution < -0.4 is 10.2 Å². The Morgan fingerprint density at radius 2 is 2.11 bits per heavy atom. The SMILES string of the molecule is O=C(NCc1cc(F)cc(Cl)c1)C1CCN(c2ccc3cc[nH]c3c2)C1=O. The first-order valence-corrected chi connectivity index (χ1v) is 9.00. The van der Waals surface area contributed by atoms with Gasteiger partial charge < -0.3 is 15.2 Å². The summed E-state index contributed by atoms with van der Waals surface area (Å²) in [5, 5.41) is 4.03. The van der Waals surface area contributed by atoms with Crippen LogP contribution in [0, 0.1) is 11.7 Å². The Morgan fingerprint density at radius 3 is 2.93 bits per heavy atom. The minimum absolute atomic E-state index is 0.120. The molecule has 0 aliphatic carbocycles. The molecule has 1 fully saturated rings. The van der Waals surface area contributed by atoms with Gasteiger partial charge >= 0.3 is 0 Å². The van der Waals surface area contributed by atoms with Crippen molar-refractivity contribution in [2.24, 2.45) is 5.92 Å². The number of nitrogens with one attached hydrogen (secondary N) is 2. The molecule has 0 radical (unpaired) electrons. The number of nitrogens with zero attached hydrogens (tertiary/aromatic N) is 1. The highest BCUT2D eigenvalue weighted by Crippen LogP contribution is 2.28. The number of H-pyrrole nitrogens is 1. The van der Waals surface area contributed by atoms with Crippen LogP contribution in [0.4, 0.5) is 10.1 Å². The van der Waals surface area contributed by atoms with Gasteiger partial charge in [-0.3, -0.25) is 9.59 Å². The number of benzene rings is 2. The number of anilines is 1. The zero-order chi connectivity index (χ0) is 19.0. The zero-order valence-corrected chi connectivity index (χ0v) is 15.1. The van der Waals surface area contributed by atoms with Crippen LogP contribution in [0.2, 0.25) is 5.02 Å². The quantitative estimate of drug-likeness (QED) is 0.673. The summed E-state index contributed by atoms with van der Waals surface area (Å²) in [5.41, 5.74) is 2.26. The van der Waals surface area contributed by atoms with Crippen LogP contribution in [-0.2, 0) is 16.1 Å². The van der Waals surface area contributed by atoms with E-state index in [0.717, 1.165) is 16.6 Å². The van der Waals surface area contributed by atoms with Gasteiger partial charge in [0.05, 0.1) is 0 Å². The Kier molecular flexibility index (Phi) is 4.58. The maximum atomic E-state index is 13.4. The van der Waals surface area contributed by atoms with Crippen molar-refractivity contribution in [3.05, 3.63) is 65.1 Å². The molecule has 1 aliphatic rings. The number of carbonyl (C=O) groups excluding carboxylic acids is 2. The third kappa shape index (κ3) is 3.53. The topological polar surface area (TPSA) is 65.2 Å². The Balaban J connectivity index is 1.43. The molecule has 1 atom stereocenters. The van der Waals surface area contributed by atoms with E-state index in [1.165, 1.54) is 12.1 Å². The van der Waals surface area contributed by atoms with Gasteiger partial charge in [-0.2, -0.15) is 0 Å². The van der Waals surface area contributed by atoms with E-state index in [4.69, 9.17) is 11.6 Å². The maximum Gasteiger partial charge on any atom is 0.239 e. The molecule has 2 aromatic carbocycles. The predicted octanol–water partition coefficient (Wildman–Crippen LogP) is 3.63. The molecule has 1 unspecified atom stereocenters. The summed E-state index contributed by atoms with van der Waals surface area (Å²) < 4.78 is 13.4. The van der Waals surface area contributed by atoms with Crippen molar-refractivity contribution in [3.63, 3.8) is 0 Å². The fourth-order valence-electron chi connectivity index (χ4n) is 3.41. The van der Waals surface area contributed by atoms with E-state index in [-0.39, 0.29) is 23.4 Å².